The molecule has 1 saturated heterocycles. The summed E-state index contributed by atoms with van der Waals surface area (Å²) in [6, 6.07) is 7.14. The molecule has 2 atom stereocenters. The van der Waals surface area contributed by atoms with Gasteiger partial charge >= 0.3 is 0 Å². The van der Waals surface area contributed by atoms with Crippen LogP contribution in [0.3, 0.4) is 0 Å². The Morgan fingerprint density at radius 3 is 2.91 bits per heavy atom. The van der Waals surface area contributed by atoms with Crippen LogP contribution in [0.5, 0.6) is 0 Å². The van der Waals surface area contributed by atoms with Gasteiger partial charge in [0.1, 0.15) is 4.90 Å². The van der Waals surface area contributed by atoms with Crippen LogP contribution in [0.25, 0.3) is 10.9 Å². The maximum atomic E-state index is 13.2. The molecule has 0 radical (unpaired) electrons. The lowest BCUT2D eigenvalue weighted by Gasteiger charge is -2.38. The lowest BCUT2D eigenvalue weighted by molar-refractivity contribution is 0.192. The minimum atomic E-state index is -3.60. The van der Waals surface area contributed by atoms with Crippen molar-refractivity contribution in [2.24, 2.45) is 11.7 Å². The number of sulfonamides is 1. The van der Waals surface area contributed by atoms with Crippen LogP contribution in [0.4, 0.5) is 0 Å². The number of nitrogens with zero attached hydrogens (tertiary/aromatic N) is 2. The van der Waals surface area contributed by atoms with E-state index < -0.39 is 10.0 Å². The van der Waals surface area contributed by atoms with Crippen molar-refractivity contribution in [1.29, 1.82) is 0 Å². The number of piperidine rings is 1. The first kappa shape index (κ1) is 16.4. The van der Waals surface area contributed by atoms with Crippen LogP contribution >= 0.6 is 0 Å². The number of aromatic nitrogens is 1. The molecule has 6 heteroatoms. The fraction of sp³-hybridized carbons (Fsp3) is 0.471. The Kier molecular flexibility index (Phi) is 4.40. The van der Waals surface area contributed by atoms with Crippen LogP contribution in [0, 0.1) is 12.8 Å². The highest BCUT2D eigenvalue weighted by atomic mass is 32.2. The van der Waals surface area contributed by atoms with Crippen molar-refractivity contribution in [3.8, 4) is 0 Å². The Morgan fingerprint density at radius 2 is 2.17 bits per heavy atom. The molecule has 1 aromatic carbocycles. The first-order valence-corrected chi connectivity index (χ1v) is 9.46. The highest BCUT2D eigenvalue weighted by Gasteiger charge is 2.37. The van der Waals surface area contributed by atoms with Crippen molar-refractivity contribution in [1.82, 2.24) is 9.29 Å². The van der Waals surface area contributed by atoms with E-state index in [0.29, 0.717) is 18.6 Å². The topological polar surface area (TPSA) is 76.3 Å². The van der Waals surface area contributed by atoms with Gasteiger partial charge in [0.05, 0.1) is 5.52 Å². The predicted molar refractivity (Wildman–Crippen MR) is 91.6 cm³/mol. The number of para-hydroxylation sites is 1. The SMILES string of the molecule is Cc1cnc2c(S(=O)(=O)N3CCCC(C)C3CN)cccc2c1. The Morgan fingerprint density at radius 1 is 1.39 bits per heavy atom. The summed E-state index contributed by atoms with van der Waals surface area (Å²) in [5, 5.41) is 0.848. The molecule has 2 heterocycles. The van der Waals surface area contributed by atoms with Gasteiger partial charge in [0.2, 0.25) is 10.0 Å². The molecule has 5 nitrogen and oxygen atoms in total. The molecule has 2 aromatic rings. The van der Waals surface area contributed by atoms with Crippen LogP contribution in [0.1, 0.15) is 25.3 Å². The maximum absolute atomic E-state index is 13.2. The Balaban J connectivity index is 2.13. The molecule has 0 aliphatic carbocycles. The van der Waals surface area contributed by atoms with Crippen LogP contribution in [0.2, 0.25) is 0 Å². The Hall–Kier alpha value is -1.50. The molecule has 124 valence electrons. The summed E-state index contributed by atoms with van der Waals surface area (Å²) in [5.41, 5.74) is 7.42. The van der Waals surface area contributed by atoms with Gasteiger partial charge in [0.15, 0.2) is 0 Å². The van der Waals surface area contributed by atoms with Crippen LogP contribution in [0.15, 0.2) is 35.4 Å². The van der Waals surface area contributed by atoms with Crippen LogP contribution in [-0.2, 0) is 10.0 Å². The molecule has 0 bridgehead atoms. The third-order valence-electron chi connectivity index (χ3n) is 4.70. The summed E-state index contributed by atoms with van der Waals surface area (Å²) >= 11 is 0. The van der Waals surface area contributed by atoms with Gasteiger partial charge in [-0.05, 0) is 43.4 Å². The Labute approximate surface area is 137 Å². The number of rotatable bonds is 3. The van der Waals surface area contributed by atoms with Gasteiger partial charge in [0, 0.05) is 30.7 Å². The van der Waals surface area contributed by atoms with Crippen LogP contribution < -0.4 is 5.73 Å². The van der Waals surface area contributed by atoms with E-state index in [1.165, 1.54) is 0 Å². The number of benzene rings is 1. The molecule has 1 aliphatic heterocycles. The van der Waals surface area contributed by atoms with Crippen LogP contribution in [-0.4, -0.2) is 36.8 Å². The average molecular weight is 333 g/mol. The smallest absolute Gasteiger partial charge is 0.245 e. The molecule has 0 amide bonds. The molecule has 1 aliphatic rings. The minimum absolute atomic E-state index is 0.144. The Bertz CT molecular complexity index is 820. The van der Waals surface area contributed by atoms with Crippen molar-refractivity contribution < 1.29 is 8.42 Å². The fourth-order valence-corrected chi connectivity index (χ4v) is 5.37. The zero-order valence-corrected chi connectivity index (χ0v) is 14.4. The minimum Gasteiger partial charge on any atom is -0.329 e. The standard InChI is InChI=1S/C17H23N3O2S/c1-12-9-14-6-3-7-16(17(14)19-11-12)23(21,22)20-8-4-5-13(2)15(20)10-18/h3,6-7,9,11,13,15H,4-5,8,10,18H2,1-2H3. The summed E-state index contributed by atoms with van der Waals surface area (Å²) < 4.78 is 28.0. The molecule has 1 aromatic heterocycles. The highest BCUT2D eigenvalue weighted by molar-refractivity contribution is 7.89. The van der Waals surface area contributed by atoms with Crippen molar-refractivity contribution >= 4 is 20.9 Å². The zero-order valence-electron chi connectivity index (χ0n) is 13.6. The molecule has 0 saturated carbocycles. The molecule has 2 N–H and O–H groups in total. The number of nitrogens with two attached hydrogens (primary N) is 1. The summed E-state index contributed by atoms with van der Waals surface area (Å²) in [7, 11) is -3.60. The summed E-state index contributed by atoms with van der Waals surface area (Å²) in [4.78, 5) is 4.65. The van der Waals surface area contributed by atoms with Crippen molar-refractivity contribution in [3.05, 3.63) is 36.0 Å². The fourth-order valence-electron chi connectivity index (χ4n) is 3.44. The zero-order chi connectivity index (χ0) is 16.6. The molecular formula is C17H23N3O2S. The van der Waals surface area contributed by atoms with Gasteiger partial charge in [-0.15, -0.1) is 0 Å². The van der Waals surface area contributed by atoms with E-state index in [1.54, 1.807) is 22.6 Å². The van der Waals surface area contributed by atoms with Crippen molar-refractivity contribution in [2.45, 2.75) is 37.6 Å². The van der Waals surface area contributed by atoms with E-state index in [0.717, 1.165) is 23.8 Å². The van der Waals surface area contributed by atoms with E-state index in [2.05, 4.69) is 11.9 Å². The van der Waals surface area contributed by atoms with Crippen molar-refractivity contribution in [3.63, 3.8) is 0 Å². The van der Waals surface area contributed by atoms with Gasteiger partial charge in [0.25, 0.3) is 0 Å². The van der Waals surface area contributed by atoms with Gasteiger partial charge in [-0.2, -0.15) is 4.31 Å². The predicted octanol–water partition coefficient (Wildman–Crippen LogP) is 2.29. The second-order valence-electron chi connectivity index (χ2n) is 6.38. The number of hydrogen-bond acceptors (Lipinski definition) is 4. The molecule has 0 spiro atoms. The van der Waals surface area contributed by atoms with E-state index in [4.69, 9.17) is 5.73 Å². The molecule has 23 heavy (non-hydrogen) atoms. The monoisotopic (exact) mass is 333 g/mol. The largest absolute Gasteiger partial charge is 0.329 e. The third-order valence-corrected chi connectivity index (χ3v) is 6.66. The molecule has 2 unspecified atom stereocenters. The van der Waals surface area contributed by atoms with E-state index in [-0.39, 0.29) is 16.9 Å². The average Bonchev–Trinajstić information content (AvgIpc) is 2.53. The molecule has 1 fully saturated rings. The normalized spacial score (nSPS) is 23.3. The lowest BCUT2D eigenvalue weighted by atomic mass is 9.93. The quantitative estimate of drug-likeness (QED) is 0.935. The van der Waals surface area contributed by atoms with Gasteiger partial charge in [-0.1, -0.05) is 19.1 Å². The third kappa shape index (κ3) is 2.86. The van der Waals surface area contributed by atoms with E-state index >= 15 is 0 Å². The highest BCUT2D eigenvalue weighted by Crippen LogP contribution is 2.31. The van der Waals surface area contributed by atoms with Crippen molar-refractivity contribution in [2.75, 3.05) is 13.1 Å². The number of pyridine rings is 1. The lowest BCUT2D eigenvalue weighted by Crippen LogP contribution is -2.51. The van der Waals surface area contributed by atoms with E-state index in [9.17, 15) is 8.42 Å². The van der Waals surface area contributed by atoms with E-state index in [1.807, 2.05) is 19.1 Å². The number of fused-ring (bicyclic) bond motifs is 1. The van der Waals surface area contributed by atoms with Gasteiger partial charge in [-0.25, -0.2) is 8.42 Å². The number of aryl methyl sites for hydroxylation is 1. The first-order valence-electron chi connectivity index (χ1n) is 8.02. The molecule has 3 rings (SSSR count). The second-order valence-corrected chi connectivity index (χ2v) is 8.24. The second kappa shape index (κ2) is 6.19. The summed E-state index contributed by atoms with van der Waals surface area (Å²) in [6.45, 7) is 4.89. The first-order chi connectivity index (χ1) is 10.9. The summed E-state index contributed by atoms with van der Waals surface area (Å²) in [6.07, 6.45) is 3.59. The van der Waals surface area contributed by atoms with Gasteiger partial charge < -0.3 is 5.73 Å². The maximum Gasteiger partial charge on any atom is 0.245 e. The molecular weight excluding hydrogens is 310 g/mol. The number of hydrogen-bond donors (Lipinski definition) is 1. The summed E-state index contributed by atoms with van der Waals surface area (Å²) in [5.74, 6) is 0.272. The van der Waals surface area contributed by atoms with Gasteiger partial charge in [-0.3, -0.25) is 4.98 Å².